The van der Waals surface area contributed by atoms with Gasteiger partial charge in [0.2, 0.25) is 0 Å². The number of benzene rings is 2. The molecule has 0 aliphatic heterocycles. The summed E-state index contributed by atoms with van der Waals surface area (Å²) in [6, 6.07) is 4.82. The van der Waals surface area contributed by atoms with Gasteiger partial charge >= 0.3 is 42.5 Å². The SMILES string of the molecule is CC(C)(COC(=O)/C=C/C(=O)O)COC(=O)OCN(C(=O)c1cc(-c2cnn(-c3c(Cl)cc(C(F)(C(F)(F)F)C(F)(F)F)cc3OC(F)(F)F)c2)ccc1Cl)C1(C#N)CC1. The molecule has 0 unspecified atom stereocenters. The van der Waals surface area contributed by atoms with Crippen LogP contribution < -0.4 is 4.74 Å². The Labute approximate surface area is 340 Å². The molecule has 3 aromatic rings. The van der Waals surface area contributed by atoms with Crippen molar-refractivity contribution in [2.75, 3.05) is 19.9 Å². The van der Waals surface area contributed by atoms with Crippen molar-refractivity contribution < 1.29 is 87.1 Å². The number of hydrogen-bond donors (Lipinski definition) is 1. The number of rotatable bonds is 14. The van der Waals surface area contributed by atoms with E-state index in [4.69, 9.17) is 42.5 Å². The lowest BCUT2D eigenvalue weighted by Crippen LogP contribution is -2.50. The lowest BCUT2D eigenvalue weighted by Gasteiger charge is -2.31. The van der Waals surface area contributed by atoms with E-state index in [2.05, 4.69) is 9.84 Å². The summed E-state index contributed by atoms with van der Waals surface area (Å²) in [7, 11) is 0. The molecule has 1 fully saturated rings. The van der Waals surface area contributed by atoms with Gasteiger partial charge in [-0.2, -0.15) is 36.7 Å². The molecule has 1 heterocycles. The first-order valence-corrected chi connectivity index (χ1v) is 17.2. The van der Waals surface area contributed by atoms with Gasteiger partial charge in [-0.1, -0.05) is 43.1 Å². The van der Waals surface area contributed by atoms with Gasteiger partial charge in [-0.15, -0.1) is 13.2 Å². The number of hydrogen-bond acceptors (Lipinski definition) is 10. The summed E-state index contributed by atoms with van der Waals surface area (Å²) in [5.74, 6) is -5.16. The normalized spacial score (nSPS) is 14.3. The van der Waals surface area contributed by atoms with Crippen LogP contribution in [0.3, 0.4) is 0 Å². The Morgan fingerprint density at radius 3 is 2.07 bits per heavy atom. The molecule has 2 aromatic carbocycles. The quantitative estimate of drug-likeness (QED) is 0.0710. The number of carbonyl (C=O) groups is 4. The molecule has 0 atom stereocenters. The summed E-state index contributed by atoms with van der Waals surface area (Å²) < 4.78 is 155. The predicted octanol–water partition coefficient (Wildman–Crippen LogP) is 8.85. The zero-order valence-corrected chi connectivity index (χ0v) is 31.8. The lowest BCUT2D eigenvalue weighted by molar-refractivity contribution is -0.348. The number of aliphatic carboxylic acids is 1. The van der Waals surface area contributed by atoms with Gasteiger partial charge in [0.15, 0.2) is 12.5 Å². The molecular formula is C35H26Cl2F10N4O9. The third-order valence-corrected chi connectivity index (χ3v) is 8.95. The number of ether oxygens (including phenoxy) is 4. The molecule has 1 saturated carbocycles. The summed E-state index contributed by atoms with van der Waals surface area (Å²) in [6.45, 7) is 1.44. The van der Waals surface area contributed by atoms with Gasteiger partial charge < -0.3 is 24.1 Å². The highest BCUT2D eigenvalue weighted by atomic mass is 35.5. The van der Waals surface area contributed by atoms with Crippen molar-refractivity contribution in [3.63, 3.8) is 0 Å². The summed E-state index contributed by atoms with van der Waals surface area (Å²) in [6.07, 6.45) is -17.2. The van der Waals surface area contributed by atoms with E-state index in [1.807, 2.05) is 6.07 Å². The molecule has 1 aliphatic carbocycles. The molecule has 0 bridgehead atoms. The second-order valence-electron chi connectivity index (χ2n) is 13.5. The number of aromatic nitrogens is 2. The van der Waals surface area contributed by atoms with Crippen LogP contribution >= 0.6 is 23.2 Å². The molecule has 0 radical (unpaired) electrons. The summed E-state index contributed by atoms with van der Waals surface area (Å²) >= 11 is 12.2. The highest BCUT2D eigenvalue weighted by molar-refractivity contribution is 6.34. The van der Waals surface area contributed by atoms with Crippen molar-refractivity contribution in [2.45, 2.75) is 56.6 Å². The van der Waals surface area contributed by atoms with Gasteiger partial charge in [0, 0.05) is 34.9 Å². The van der Waals surface area contributed by atoms with Crippen LogP contribution in [0.5, 0.6) is 5.75 Å². The minimum atomic E-state index is -6.71. The van der Waals surface area contributed by atoms with Crippen molar-refractivity contribution in [2.24, 2.45) is 5.41 Å². The van der Waals surface area contributed by atoms with Gasteiger partial charge in [-0.05, 0) is 42.7 Å². The van der Waals surface area contributed by atoms with Crippen LogP contribution in [0.2, 0.25) is 10.0 Å². The fourth-order valence-electron chi connectivity index (χ4n) is 5.14. The van der Waals surface area contributed by atoms with Crippen LogP contribution in [-0.4, -0.2) is 88.0 Å². The number of carboxylic acid groups (broad SMARTS) is 1. The topological polar surface area (TPSA) is 170 Å². The van der Waals surface area contributed by atoms with Crippen LogP contribution in [0.4, 0.5) is 48.7 Å². The highest BCUT2D eigenvalue weighted by Crippen LogP contribution is 2.55. The number of alkyl halides is 10. The number of amides is 1. The van der Waals surface area contributed by atoms with E-state index in [0.29, 0.717) is 16.8 Å². The summed E-state index contributed by atoms with van der Waals surface area (Å²) in [5, 5.41) is 20.7. The lowest BCUT2D eigenvalue weighted by atomic mass is 9.93. The maximum Gasteiger partial charge on any atom is 0.573 e. The van der Waals surface area contributed by atoms with Crippen LogP contribution in [0, 0.1) is 16.7 Å². The van der Waals surface area contributed by atoms with E-state index in [-0.39, 0.29) is 47.2 Å². The standard InChI is InChI=1S/C35H26Cl2F10N4O9/c1-30(2,15-57-26(54)6-5-25(52)53)16-58-29(56)59-17-50(31(14-48)7-8-31)28(55)21-9-18(3-4-22(21)36)19-12-49-51(13-19)27-23(37)10-20(11-24(27)60-35(45,46)47)32(38,33(39,40)41)34(42,43)44/h3-6,9-13H,7-8,15-17H2,1-2H3,(H,52,53)/b6-5+. The van der Waals surface area contributed by atoms with E-state index < -0.39 is 101 Å². The van der Waals surface area contributed by atoms with Crippen molar-refractivity contribution in [3.05, 3.63) is 76.0 Å². The third-order valence-electron chi connectivity index (χ3n) is 8.33. The molecule has 1 N–H and O–H groups in total. The van der Waals surface area contributed by atoms with Crippen molar-refractivity contribution in [1.29, 1.82) is 5.26 Å². The maximum atomic E-state index is 14.8. The summed E-state index contributed by atoms with van der Waals surface area (Å²) in [4.78, 5) is 49.5. The van der Waals surface area contributed by atoms with Gasteiger partial charge in [-0.25, -0.2) is 23.5 Å². The molecule has 4 rings (SSSR count). The zero-order chi connectivity index (χ0) is 45.2. The Bertz CT molecular complexity index is 2220. The number of nitriles is 1. The molecule has 60 heavy (non-hydrogen) atoms. The highest BCUT2D eigenvalue weighted by Gasteiger charge is 2.73. The number of nitrogens with zero attached hydrogens (tertiary/aromatic N) is 4. The molecule has 25 heteroatoms. The van der Waals surface area contributed by atoms with Gasteiger partial charge in [-0.3, -0.25) is 9.69 Å². The Hall–Kier alpha value is -5.76. The minimum absolute atomic E-state index is 0.0143. The predicted molar refractivity (Wildman–Crippen MR) is 183 cm³/mol. The first kappa shape index (κ1) is 46.9. The fraction of sp³-hybridized carbons (Fsp3) is 0.371. The summed E-state index contributed by atoms with van der Waals surface area (Å²) in [5.41, 5.74) is -12.5. The minimum Gasteiger partial charge on any atom is -0.478 e. The van der Waals surface area contributed by atoms with Crippen LogP contribution in [0.25, 0.3) is 16.8 Å². The van der Waals surface area contributed by atoms with Gasteiger partial charge in [0.1, 0.15) is 17.8 Å². The van der Waals surface area contributed by atoms with E-state index in [9.17, 15) is 68.3 Å². The van der Waals surface area contributed by atoms with Gasteiger partial charge in [0.05, 0.1) is 34.5 Å². The molecule has 0 spiro atoms. The van der Waals surface area contributed by atoms with E-state index in [1.165, 1.54) is 26.0 Å². The molecular weight excluding hydrogens is 881 g/mol. The van der Waals surface area contributed by atoms with Gasteiger partial charge in [0.25, 0.3) is 5.91 Å². The molecule has 1 aromatic heterocycles. The van der Waals surface area contributed by atoms with E-state index in [1.54, 1.807) is 0 Å². The smallest absolute Gasteiger partial charge is 0.478 e. The van der Waals surface area contributed by atoms with Crippen LogP contribution in [-0.2, 0) is 29.5 Å². The van der Waals surface area contributed by atoms with Crippen LogP contribution in [0.1, 0.15) is 42.6 Å². The Morgan fingerprint density at radius 1 is 0.900 bits per heavy atom. The number of esters is 1. The average molecular weight is 907 g/mol. The number of carboxylic acids is 1. The third kappa shape index (κ3) is 10.7. The number of carbonyl (C=O) groups excluding carboxylic acids is 3. The molecule has 1 aliphatic rings. The fourth-order valence-corrected chi connectivity index (χ4v) is 5.64. The molecule has 13 nitrogen and oxygen atoms in total. The second-order valence-corrected chi connectivity index (χ2v) is 14.3. The molecule has 0 saturated heterocycles. The maximum absolute atomic E-state index is 14.8. The van der Waals surface area contributed by atoms with Crippen molar-refractivity contribution in [1.82, 2.24) is 14.7 Å². The first-order valence-electron chi connectivity index (χ1n) is 16.4. The molecule has 324 valence electrons. The largest absolute Gasteiger partial charge is 0.573 e. The molecule has 1 amide bonds. The van der Waals surface area contributed by atoms with Crippen molar-refractivity contribution in [3.8, 4) is 28.6 Å². The van der Waals surface area contributed by atoms with Crippen LogP contribution in [0.15, 0.2) is 54.9 Å². The Kier molecular flexibility index (Phi) is 13.4. The van der Waals surface area contributed by atoms with E-state index in [0.717, 1.165) is 23.4 Å². The second kappa shape index (κ2) is 17.1. The first-order chi connectivity index (χ1) is 27.5. The Morgan fingerprint density at radius 2 is 1.52 bits per heavy atom. The monoisotopic (exact) mass is 906 g/mol. The number of halogens is 12. The zero-order valence-electron chi connectivity index (χ0n) is 30.3. The van der Waals surface area contributed by atoms with Crippen molar-refractivity contribution >= 4 is 47.2 Å². The Balaban J connectivity index is 1.60. The average Bonchev–Trinajstić information content (AvgIpc) is 3.77. The van der Waals surface area contributed by atoms with E-state index >= 15 is 0 Å².